The molecule has 1 aliphatic heterocycles. The highest BCUT2D eigenvalue weighted by Crippen LogP contribution is 2.27. The number of hydrogen-bond acceptors (Lipinski definition) is 5. The quantitative estimate of drug-likeness (QED) is 0.532. The van der Waals surface area contributed by atoms with Crippen molar-refractivity contribution in [2.75, 3.05) is 6.61 Å². The van der Waals surface area contributed by atoms with E-state index in [2.05, 4.69) is 0 Å². The molecule has 0 saturated carbocycles. The van der Waals surface area contributed by atoms with E-state index in [4.69, 9.17) is 11.6 Å². The molecule has 0 aliphatic carbocycles. The summed E-state index contributed by atoms with van der Waals surface area (Å²) < 4.78 is 0. The van der Waals surface area contributed by atoms with E-state index in [0.29, 0.717) is 24.3 Å². The summed E-state index contributed by atoms with van der Waals surface area (Å²) in [4.78, 5) is 25.7. The molecule has 2 aromatic carbocycles. The van der Waals surface area contributed by atoms with Gasteiger partial charge in [0.25, 0.3) is 5.91 Å². The highest BCUT2D eigenvalue weighted by molar-refractivity contribution is 6.60. The number of aliphatic hydroxyl groups is 1. The number of aldehydes is 1. The van der Waals surface area contributed by atoms with Gasteiger partial charge in [0.1, 0.15) is 6.29 Å². The molecule has 1 amide bonds. The Labute approximate surface area is 155 Å². The molecule has 3 rings (SSSR count). The van der Waals surface area contributed by atoms with E-state index in [9.17, 15) is 24.7 Å². The number of halogens is 1. The van der Waals surface area contributed by atoms with Crippen LogP contribution in [0.4, 0.5) is 0 Å². The third-order valence-corrected chi connectivity index (χ3v) is 4.85. The normalized spacial score (nSPS) is 16.2. The maximum absolute atomic E-state index is 13.0. The van der Waals surface area contributed by atoms with Gasteiger partial charge in [-0.3, -0.25) is 9.59 Å². The van der Waals surface area contributed by atoms with Crippen molar-refractivity contribution in [3.8, 4) is 0 Å². The third kappa shape index (κ3) is 3.52. The molecule has 1 aliphatic rings. The number of rotatable bonds is 4. The molecule has 26 heavy (non-hydrogen) atoms. The van der Waals surface area contributed by atoms with Crippen molar-refractivity contribution in [1.82, 2.24) is 4.90 Å². The van der Waals surface area contributed by atoms with E-state index in [0.717, 1.165) is 11.1 Å². The molecule has 0 fully saturated rings. The molecule has 1 atom stereocenters. The lowest BCUT2D eigenvalue weighted by atomic mass is 9.76. The summed E-state index contributed by atoms with van der Waals surface area (Å²) >= 11 is 6.04. The topological polar surface area (TPSA) is 98.1 Å². The van der Waals surface area contributed by atoms with Crippen LogP contribution in [-0.2, 0) is 13.0 Å². The zero-order chi connectivity index (χ0) is 18.8. The van der Waals surface area contributed by atoms with Gasteiger partial charge in [-0.2, -0.15) is 0 Å². The number of nitrogens with zero attached hydrogens (tertiary/aromatic N) is 1. The van der Waals surface area contributed by atoms with Crippen molar-refractivity contribution < 1.29 is 24.7 Å². The maximum Gasteiger partial charge on any atom is 0.489 e. The molecule has 0 unspecified atom stereocenters. The second kappa shape index (κ2) is 7.59. The Morgan fingerprint density at radius 3 is 2.65 bits per heavy atom. The first-order valence-corrected chi connectivity index (χ1v) is 8.46. The van der Waals surface area contributed by atoms with Crippen LogP contribution in [0.1, 0.15) is 31.8 Å². The standard InChI is InChI=1S/C18H17BClNO5/c20-15-3-1-11-7-16(10-23)21(8-13(11)6-15)18(24)12-2-4-17(19(25)26)14(5-12)9-22/h1-6,9,16,23,25-26H,7-8,10H2/t16-/m0/s1. The molecular weight excluding hydrogens is 356 g/mol. The Balaban J connectivity index is 1.94. The van der Waals surface area contributed by atoms with Crippen LogP contribution in [0.3, 0.4) is 0 Å². The van der Waals surface area contributed by atoms with Crippen molar-refractivity contribution in [3.63, 3.8) is 0 Å². The number of aliphatic hydroxyl groups excluding tert-OH is 1. The summed E-state index contributed by atoms with van der Waals surface area (Å²) in [7, 11) is -1.80. The van der Waals surface area contributed by atoms with Gasteiger partial charge in [0.15, 0.2) is 0 Å². The fourth-order valence-corrected chi connectivity index (χ4v) is 3.42. The van der Waals surface area contributed by atoms with E-state index in [1.165, 1.54) is 23.1 Å². The summed E-state index contributed by atoms with van der Waals surface area (Å²) in [6.45, 7) is 0.0997. The number of hydrogen-bond donors (Lipinski definition) is 3. The Morgan fingerprint density at radius 1 is 1.23 bits per heavy atom. The molecule has 0 bridgehead atoms. The van der Waals surface area contributed by atoms with Gasteiger partial charge < -0.3 is 20.1 Å². The largest absolute Gasteiger partial charge is 0.489 e. The third-order valence-electron chi connectivity index (χ3n) is 4.62. The summed E-state index contributed by atoms with van der Waals surface area (Å²) in [6.07, 6.45) is 0.975. The van der Waals surface area contributed by atoms with Crippen LogP contribution in [0, 0.1) is 0 Å². The van der Waals surface area contributed by atoms with Gasteiger partial charge in [-0.25, -0.2) is 0 Å². The van der Waals surface area contributed by atoms with E-state index in [1.54, 1.807) is 12.1 Å². The minimum absolute atomic E-state index is 0.0334. The smallest absolute Gasteiger partial charge is 0.423 e. The van der Waals surface area contributed by atoms with E-state index >= 15 is 0 Å². The average Bonchev–Trinajstić information content (AvgIpc) is 2.65. The molecule has 0 spiro atoms. The maximum atomic E-state index is 13.0. The fraction of sp³-hybridized carbons (Fsp3) is 0.222. The summed E-state index contributed by atoms with van der Waals surface area (Å²) in [6, 6.07) is 9.18. The Hall–Kier alpha value is -2.19. The zero-order valence-electron chi connectivity index (χ0n) is 13.8. The van der Waals surface area contributed by atoms with Crippen LogP contribution >= 0.6 is 11.6 Å². The molecule has 0 aromatic heterocycles. The predicted molar refractivity (Wildman–Crippen MR) is 97.6 cm³/mol. The highest BCUT2D eigenvalue weighted by Gasteiger charge is 2.30. The van der Waals surface area contributed by atoms with Gasteiger partial charge in [-0.15, -0.1) is 0 Å². The second-order valence-corrected chi connectivity index (χ2v) is 6.66. The number of amides is 1. The monoisotopic (exact) mass is 373 g/mol. The molecule has 1 heterocycles. The zero-order valence-corrected chi connectivity index (χ0v) is 14.6. The minimum Gasteiger partial charge on any atom is -0.423 e. The van der Waals surface area contributed by atoms with Crippen molar-refractivity contribution in [3.05, 3.63) is 63.7 Å². The number of benzene rings is 2. The first-order chi connectivity index (χ1) is 12.4. The molecule has 8 heteroatoms. The lowest BCUT2D eigenvalue weighted by Gasteiger charge is -2.36. The minimum atomic E-state index is -1.80. The Kier molecular flexibility index (Phi) is 5.43. The van der Waals surface area contributed by atoms with Crippen LogP contribution in [0.5, 0.6) is 0 Å². The van der Waals surface area contributed by atoms with Crippen molar-refractivity contribution in [2.45, 2.75) is 19.0 Å². The second-order valence-electron chi connectivity index (χ2n) is 6.22. The van der Waals surface area contributed by atoms with Crippen molar-refractivity contribution in [1.29, 1.82) is 0 Å². The molecule has 6 nitrogen and oxygen atoms in total. The van der Waals surface area contributed by atoms with Gasteiger partial charge in [-0.05, 0) is 47.3 Å². The van der Waals surface area contributed by atoms with Crippen LogP contribution in [-0.4, -0.2) is 52.0 Å². The molecule has 3 N–H and O–H groups in total. The van der Waals surface area contributed by atoms with Gasteiger partial charge in [0, 0.05) is 22.7 Å². The average molecular weight is 374 g/mol. The van der Waals surface area contributed by atoms with Gasteiger partial charge in [0.2, 0.25) is 0 Å². The lowest BCUT2D eigenvalue weighted by Crippen LogP contribution is -2.46. The Morgan fingerprint density at radius 2 is 2.00 bits per heavy atom. The number of carbonyl (C=O) groups is 2. The number of fused-ring (bicyclic) bond motifs is 1. The Bertz CT molecular complexity index is 857. The molecular formula is C18H17BClNO5. The lowest BCUT2D eigenvalue weighted by molar-refractivity contribution is 0.0544. The molecule has 2 aromatic rings. The van der Waals surface area contributed by atoms with Gasteiger partial charge >= 0.3 is 7.12 Å². The highest BCUT2D eigenvalue weighted by atomic mass is 35.5. The molecule has 0 radical (unpaired) electrons. The van der Waals surface area contributed by atoms with Crippen LogP contribution in [0.25, 0.3) is 0 Å². The van der Waals surface area contributed by atoms with Gasteiger partial charge in [0.05, 0.1) is 12.6 Å². The van der Waals surface area contributed by atoms with Crippen molar-refractivity contribution >= 4 is 36.4 Å². The van der Waals surface area contributed by atoms with Crippen LogP contribution < -0.4 is 5.46 Å². The molecule has 0 saturated heterocycles. The van der Waals surface area contributed by atoms with Crippen molar-refractivity contribution in [2.24, 2.45) is 0 Å². The first-order valence-electron chi connectivity index (χ1n) is 8.09. The molecule has 134 valence electrons. The number of carbonyl (C=O) groups excluding carboxylic acids is 2. The summed E-state index contributed by atoms with van der Waals surface area (Å²) in [5.74, 6) is -0.350. The van der Waals surface area contributed by atoms with E-state index in [-0.39, 0.29) is 35.1 Å². The van der Waals surface area contributed by atoms with E-state index < -0.39 is 7.12 Å². The van der Waals surface area contributed by atoms with Gasteiger partial charge in [-0.1, -0.05) is 23.7 Å². The first kappa shape index (κ1) is 18.6. The fourth-order valence-electron chi connectivity index (χ4n) is 3.23. The predicted octanol–water partition coefficient (Wildman–Crippen LogP) is 0.392. The van der Waals surface area contributed by atoms with Crippen LogP contribution in [0.15, 0.2) is 36.4 Å². The summed E-state index contributed by atoms with van der Waals surface area (Å²) in [5.41, 5.74) is 2.25. The SMILES string of the molecule is O=Cc1cc(C(=O)N2Cc3cc(Cl)ccc3C[C@H]2CO)ccc1B(O)O. The van der Waals surface area contributed by atoms with Crippen LogP contribution in [0.2, 0.25) is 5.02 Å². The van der Waals surface area contributed by atoms with E-state index in [1.807, 2.05) is 6.07 Å². The summed E-state index contributed by atoms with van der Waals surface area (Å²) in [5, 5.41) is 28.9.